The third-order valence-electron chi connectivity index (χ3n) is 6.12. The molecule has 1 N–H and O–H groups in total. The number of carbonyl (C=O) groups is 2. The highest BCUT2D eigenvalue weighted by molar-refractivity contribution is 7.92. The number of sulfonamides is 1. The minimum absolute atomic E-state index is 0.0155. The zero-order valence-electron chi connectivity index (χ0n) is 22.4. The minimum atomic E-state index is -3.63. The molecule has 0 radical (unpaired) electrons. The lowest BCUT2D eigenvalue weighted by atomic mass is 10.1. The minimum Gasteiger partial charge on any atom is -0.354 e. The largest absolute Gasteiger partial charge is 0.354 e. The molecule has 0 aliphatic rings. The van der Waals surface area contributed by atoms with E-state index in [2.05, 4.69) is 5.32 Å². The summed E-state index contributed by atoms with van der Waals surface area (Å²) in [6.45, 7) is 8.16. The Balaban J connectivity index is 2.30. The summed E-state index contributed by atoms with van der Waals surface area (Å²) >= 11 is 19.0. The number of nitrogens with one attached hydrogen (secondary N) is 1. The molecular formula is C27H36Cl3N3O4S. The van der Waals surface area contributed by atoms with Crippen LogP contribution in [0.2, 0.25) is 15.1 Å². The number of hydrogen-bond donors (Lipinski definition) is 1. The maximum atomic E-state index is 13.6. The lowest BCUT2D eigenvalue weighted by Crippen LogP contribution is -2.49. The Morgan fingerprint density at radius 2 is 1.58 bits per heavy atom. The quantitative estimate of drug-likeness (QED) is 0.300. The molecule has 2 aromatic rings. The van der Waals surface area contributed by atoms with Gasteiger partial charge in [-0.15, -0.1) is 0 Å². The van der Waals surface area contributed by atoms with Crippen LogP contribution >= 0.6 is 34.8 Å². The fourth-order valence-electron chi connectivity index (χ4n) is 4.04. The maximum Gasteiger partial charge on any atom is 0.242 e. The number of anilines is 1. The van der Waals surface area contributed by atoms with Crippen LogP contribution in [0.5, 0.6) is 0 Å². The molecule has 0 fully saturated rings. The molecule has 0 spiro atoms. The number of carbonyl (C=O) groups excluding carboxylic acids is 2. The van der Waals surface area contributed by atoms with Gasteiger partial charge in [0.2, 0.25) is 21.8 Å². The molecule has 2 rings (SSSR count). The normalized spacial score (nSPS) is 12.3. The second-order valence-corrected chi connectivity index (χ2v) is 12.7. The average Bonchev–Trinajstić information content (AvgIpc) is 2.83. The Morgan fingerprint density at radius 3 is 2.13 bits per heavy atom. The van der Waals surface area contributed by atoms with Gasteiger partial charge in [-0.25, -0.2) is 8.42 Å². The highest BCUT2D eigenvalue weighted by Gasteiger charge is 2.30. The van der Waals surface area contributed by atoms with Crippen molar-refractivity contribution in [3.63, 3.8) is 0 Å². The molecule has 0 heterocycles. The van der Waals surface area contributed by atoms with E-state index < -0.39 is 16.1 Å². The standard InChI is InChI=1S/C27H36Cl3N3O4S/c1-6-24(27(35)31-16-18(2)3)32(17-20-22(29)11-7-12-23(20)30)26(34)14-9-15-33(38(5,36)37)25-13-8-10-21(28)19(25)4/h7-8,10-13,18,24H,6,9,14-17H2,1-5H3,(H,31,35)/t24-/m0/s1. The van der Waals surface area contributed by atoms with Gasteiger partial charge in [-0.3, -0.25) is 13.9 Å². The topological polar surface area (TPSA) is 86.8 Å². The molecular weight excluding hydrogens is 569 g/mol. The number of hydrogen-bond acceptors (Lipinski definition) is 4. The van der Waals surface area contributed by atoms with Gasteiger partial charge in [0.1, 0.15) is 6.04 Å². The zero-order chi connectivity index (χ0) is 28.6. The fraction of sp³-hybridized carbons (Fsp3) is 0.481. The van der Waals surface area contributed by atoms with Crippen molar-refractivity contribution in [3.8, 4) is 0 Å². The second kappa shape index (κ2) is 14.4. The summed E-state index contributed by atoms with van der Waals surface area (Å²) in [6, 6.07) is 9.40. The summed E-state index contributed by atoms with van der Waals surface area (Å²) in [5.74, 6) is -0.315. The van der Waals surface area contributed by atoms with Gasteiger partial charge in [0.15, 0.2) is 0 Å². The lowest BCUT2D eigenvalue weighted by molar-refractivity contribution is -0.141. The van der Waals surface area contributed by atoms with E-state index in [1.165, 1.54) is 9.21 Å². The van der Waals surface area contributed by atoms with Crippen molar-refractivity contribution in [2.24, 2.45) is 5.92 Å². The molecule has 0 saturated carbocycles. The van der Waals surface area contributed by atoms with Crippen LogP contribution in [0.1, 0.15) is 51.2 Å². The Hall–Kier alpha value is -2.00. The summed E-state index contributed by atoms with van der Waals surface area (Å²) in [5.41, 5.74) is 1.65. The average molecular weight is 605 g/mol. The second-order valence-electron chi connectivity index (χ2n) is 9.61. The number of benzene rings is 2. The highest BCUT2D eigenvalue weighted by atomic mass is 35.5. The van der Waals surface area contributed by atoms with Crippen molar-refractivity contribution in [2.45, 2.75) is 59.5 Å². The van der Waals surface area contributed by atoms with Gasteiger partial charge < -0.3 is 10.2 Å². The lowest BCUT2D eigenvalue weighted by Gasteiger charge is -2.32. The summed E-state index contributed by atoms with van der Waals surface area (Å²) in [4.78, 5) is 28.1. The summed E-state index contributed by atoms with van der Waals surface area (Å²) in [7, 11) is -3.63. The van der Waals surface area contributed by atoms with Gasteiger partial charge >= 0.3 is 0 Å². The third kappa shape index (κ3) is 8.76. The van der Waals surface area contributed by atoms with Crippen LogP contribution in [0.3, 0.4) is 0 Å². The van der Waals surface area contributed by atoms with Crippen molar-refractivity contribution in [2.75, 3.05) is 23.7 Å². The van der Waals surface area contributed by atoms with Crippen LogP contribution in [-0.4, -0.2) is 50.5 Å². The Kier molecular flexibility index (Phi) is 12.2. The van der Waals surface area contributed by atoms with Crippen molar-refractivity contribution >= 4 is 62.3 Å². The number of amides is 2. The van der Waals surface area contributed by atoms with E-state index in [1.807, 2.05) is 20.8 Å². The van der Waals surface area contributed by atoms with Crippen LogP contribution in [0.4, 0.5) is 5.69 Å². The number of nitrogens with zero attached hydrogens (tertiary/aromatic N) is 2. The van der Waals surface area contributed by atoms with Crippen LogP contribution in [-0.2, 0) is 26.2 Å². The van der Waals surface area contributed by atoms with E-state index in [1.54, 1.807) is 43.3 Å². The first-order valence-corrected chi connectivity index (χ1v) is 15.5. The zero-order valence-corrected chi connectivity index (χ0v) is 25.5. The van der Waals surface area contributed by atoms with Gasteiger partial charge in [0, 0.05) is 46.7 Å². The number of halogens is 3. The molecule has 0 unspecified atom stereocenters. The van der Waals surface area contributed by atoms with E-state index in [0.29, 0.717) is 44.8 Å². The first kappa shape index (κ1) is 32.2. The van der Waals surface area contributed by atoms with E-state index >= 15 is 0 Å². The van der Waals surface area contributed by atoms with Crippen molar-refractivity contribution < 1.29 is 18.0 Å². The van der Waals surface area contributed by atoms with E-state index in [4.69, 9.17) is 34.8 Å². The molecule has 0 aliphatic carbocycles. The molecule has 1 atom stereocenters. The molecule has 2 aromatic carbocycles. The molecule has 210 valence electrons. The van der Waals surface area contributed by atoms with E-state index in [9.17, 15) is 18.0 Å². The van der Waals surface area contributed by atoms with Gasteiger partial charge in [0.05, 0.1) is 11.9 Å². The maximum absolute atomic E-state index is 13.6. The van der Waals surface area contributed by atoms with Crippen molar-refractivity contribution in [1.29, 1.82) is 0 Å². The molecule has 7 nitrogen and oxygen atoms in total. The Bertz CT molecular complexity index is 1220. The molecule has 2 amide bonds. The molecule has 11 heteroatoms. The predicted octanol–water partition coefficient (Wildman–Crippen LogP) is 6.08. The third-order valence-corrected chi connectivity index (χ3v) is 8.42. The predicted molar refractivity (Wildman–Crippen MR) is 157 cm³/mol. The van der Waals surface area contributed by atoms with Gasteiger partial charge in [-0.1, -0.05) is 67.7 Å². The monoisotopic (exact) mass is 603 g/mol. The van der Waals surface area contributed by atoms with Crippen LogP contribution in [0.15, 0.2) is 36.4 Å². The first-order chi connectivity index (χ1) is 17.8. The highest BCUT2D eigenvalue weighted by Crippen LogP contribution is 2.29. The molecule has 0 aromatic heterocycles. The molecule has 0 aliphatic heterocycles. The summed E-state index contributed by atoms with van der Waals surface area (Å²) in [6.07, 6.45) is 1.75. The van der Waals surface area contributed by atoms with Crippen LogP contribution in [0.25, 0.3) is 0 Å². The summed E-state index contributed by atoms with van der Waals surface area (Å²) < 4.78 is 26.4. The van der Waals surface area contributed by atoms with Crippen LogP contribution in [0, 0.1) is 12.8 Å². The molecule has 0 bridgehead atoms. The SMILES string of the molecule is CC[C@@H](C(=O)NCC(C)C)N(Cc1c(Cl)cccc1Cl)C(=O)CCCN(c1cccc(Cl)c1C)S(C)(=O)=O. The van der Waals surface area contributed by atoms with Gasteiger partial charge in [-0.2, -0.15) is 0 Å². The van der Waals surface area contributed by atoms with Crippen LogP contribution < -0.4 is 9.62 Å². The first-order valence-electron chi connectivity index (χ1n) is 12.5. The van der Waals surface area contributed by atoms with E-state index in [-0.39, 0.29) is 43.7 Å². The Labute approximate surface area is 241 Å². The van der Waals surface area contributed by atoms with Gasteiger partial charge in [-0.05, 0) is 55.5 Å². The summed E-state index contributed by atoms with van der Waals surface area (Å²) in [5, 5.41) is 4.16. The molecule has 38 heavy (non-hydrogen) atoms. The molecule has 0 saturated heterocycles. The smallest absolute Gasteiger partial charge is 0.242 e. The number of rotatable bonds is 13. The van der Waals surface area contributed by atoms with Crippen molar-refractivity contribution in [3.05, 3.63) is 62.6 Å². The van der Waals surface area contributed by atoms with Crippen molar-refractivity contribution in [1.82, 2.24) is 10.2 Å². The van der Waals surface area contributed by atoms with E-state index in [0.717, 1.165) is 6.26 Å². The fourth-order valence-corrected chi connectivity index (χ4v) is 5.75. The Morgan fingerprint density at radius 1 is 1.00 bits per heavy atom. The van der Waals surface area contributed by atoms with Gasteiger partial charge in [0.25, 0.3) is 0 Å².